The van der Waals surface area contributed by atoms with Crippen LogP contribution < -0.4 is 10.3 Å². The first-order chi connectivity index (χ1) is 9.69. The molecular formula is C14H15N3O3. The van der Waals surface area contributed by atoms with Crippen LogP contribution in [-0.4, -0.2) is 34.7 Å². The molecule has 0 atom stereocenters. The lowest BCUT2D eigenvalue weighted by atomic mass is 10.1. The van der Waals surface area contributed by atoms with Crippen LogP contribution in [0.2, 0.25) is 0 Å². The number of H-pyrrole nitrogens is 2. The maximum absolute atomic E-state index is 12.5. The summed E-state index contributed by atoms with van der Waals surface area (Å²) < 4.78 is 5.12. The molecule has 0 spiro atoms. The van der Waals surface area contributed by atoms with Gasteiger partial charge in [0, 0.05) is 24.2 Å². The van der Waals surface area contributed by atoms with E-state index in [0.717, 1.165) is 5.69 Å². The van der Waals surface area contributed by atoms with Gasteiger partial charge in [-0.25, -0.2) is 0 Å². The number of hydrogen-bond donors (Lipinski definition) is 2. The molecule has 0 aliphatic carbocycles. The third kappa shape index (κ3) is 2.09. The van der Waals surface area contributed by atoms with Gasteiger partial charge in [0.1, 0.15) is 5.75 Å². The molecule has 1 aromatic heterocycles. The Kier molecular flexibility index (Phi) is 3.06. The number of rotatable bonds is 2. The smallest absolute Gasteiger partial charge is 0.269 e. The highest BCUT2D eigenvalue weighted by atomic mass is 16.5. The van der Waals surface area contributed by atoms with Crippen LogP contribution in [0.5, 0.6) is 5.75 Å². The van der Waals surface area contributed by atoms with Crippen LogP contribution in [0.3, 0.4) is 0 Å². The Balaban J connectivity index is 1.85. The number of amides is 1. The lowest BCUT2D eigenvalue weighted by Crippen LogP contribution is -2.37. The fourth-order valence-electron chi connectivity index (χ4n) is 2.43. The van der Waals surface area contributed by atoms with E-state index in [0.29, 0.717) is 36.4 Å². The number of hydrogen-bond acceptors (Lipinski definition) is 3. The van der Waals surface area contributed by atoms with Crippen molar-refractivity contribution < 1.29 is 9.53 Å². The lowest BCUT2D eigenvalue weighted by Gasteiger charge is -2.26. The number of nitrogens with one attached hydrogen (secondary N) is 2. The molecular weight excluding hydrogens is 258 g/mol. The predicted molar refractivity (Wildman–Crippen MR) is 72.9 cm³/mol. The minimum absolute atomic E-state index is 0.0878. The van der Waals surface area contributed by atoms with Crippen LogP contribution in [0.1, 0.15) is 21.6 Å². The topological polar surface area (TPSA) is 78.2 Å². The first-order valence-corrected chi connectivity index (χ1v) is 6.41. The van der Waals surface area contributed by atoms with Crippen molar-refractivity contribution in [2.75, 3.05) is 13.7 Å². The van der Waals surface area contributed by atoms with E-state index in [9.17, 15) is 9.59 Å². The summed E-state index contributed by atoms with van der Waals surface area (Å²) in [5, 5.41) is 5.41. The van der Waals surface area contributed by atoms with Gasteiger partial charge in [0.15, 0.2) is 0 Å². The highest BCUT2D eigenvalue weighted by molar-refractivity contribution is 5.94. The number of carbonyl (C=O) groups is 1. The molecule has 1 aliphatic heterocycles. The van der Waals surface area contributed by atoms with E-state index in [2.05, 4.69) is 10.2 Å². The van der Waals surface area contributed by atoms with Crippen molar-refractivity contribution in [1.29, 1.82) is 0 Å². The largest absolute Gasteiger partial charge is 0.497 e. The molecule has 1 aliphatic rings. The molecule has 1 aromatic carbocycles. The number of benzene rings is 1. The SMILES string of the molecule is COc1cccc(C(=O)N2CCc3[nH][nH]c(=O)c3C2)c1. The number of carbonyl (C=O) groups excluding carboxylic acids is 1. The standard InChI is InChI=1S/C14H15N3O3/c1-20-10-4-2-3-9(7-10)14(19)17-6-5-12-11(8-17)13(18)16-15-12/h2-4,7H,5-6,8H2,1H3,(H2,15,16,18). The van der Waals surface area contributed by atoms with Gasteiger partial charge in [-0.15, -0.1) is 0 Å². The van der Waals surface area contributed by atoms with Gasteiger partial charge in [0.25, 0.3) is 11.5 Å². The second kappa shape index (κ2) is 4.88. The van der Waals surface area contributed by atoms with Crippen LogP contribution >= 0.6 is 0 Å². The Bertz CT molecular complexity index is 702. The first kappa shape index (κ1) is 12.5. The molecule has 2 N–H and O–H groups in total. The molecule has 0 fully saturated rings. The molecule has 6 heteroatoms. The monoisotopic (exact) mass is 273 g/mol. The normalized spacial score (nSPS) is 13.9. The number of aromatic nitrogens is 2. The van der Waals surface area contributed by atoms with E-state index >= 15 is 0 Å². The highest BCUT2D eigenvalue weighted by Gasteiger charge is 2.24. The fraction of sp³-hybridized carbons (Fsp3) is 0.286. The molecule has 1 amide bonds. The molecule has 0 saturated heterocycles. The zero-order valence-electron chi connectivity index (χ0n) is 11.1. The zero-order chi connectivity index (χ0) is 14.1. The molecule has 2 heterocycles. The van der Waals surface area contributed by atoms with Crippen molar-refractivity contribution in [2.24, 2.45) is 0 Å². The van der Waals surface area contributed by atoms with Crippen LogP contribution in [0.25, 0.3) is 0 Å². The number of aromatic amines is 2. The summed E-state index contributed by atoms with van der Waals surface area (Å²) in [6.45, 7) is 0.932. The summed E-state index contributed by atoms with van der Waals surface area (Å²) in [4.78, 5) is 25.8. The van der Waals surface area contributed by atoms with Crippen molar-refractivity contribution in [2.45, 2.75) is 13.0 Å². The van der Waals surface area contributed by atoms with E-state index in [1.54, 1.807) is 36.3 Å². The maximum Gasteiger partial charge on any atom is 0.269 e. The summed E-state index contributed by atoms with van der Waals surface area (Å²) in [5.74, 6) is 0.559. The minimum Gasteiger partial charge on any atom is -0.497 e. The van der Waals surface area contributed by atoms with Gasteiger partial charge >= 0.3 is 0 Å². The third-order valence-corrected chi connectivity index (χ3v) is 3.55. The Labute approximate surface area is 115 Å². The third-order valence-electron chi connectivity index (χ3n) is 3.55. The Morgan fingerprint density at radius 3 is 3.00 bits per heavy atom. The van der Waals surface area contributed by atoms with Gasteiger partial charge in [0.05, 0.1) is 19.2 Å². The van der Waals surface area contributed by atoms with Crippen LogP contribution in [0.4, 0.5) is 0 Å². The van der Waals surface area contributed by atoms with Crippen molar-refractivity contribution >= 4 is 5.91 Å². The minimum atomic E-state index is -0.150. The van der Waals surface area contributed by atoms with Crippen LogP contribution in [0, 0.1) is 0 Å². The summed E-state index contributed by atoms with van der Waals surface area (Å²) in [5.41, 5.74) is 1.96. The van der Waals surface area contributed by atoms with Crippen molar-refractivity contribution in [3.8, 4) is 5.75 Å². The fourth-order valence-corrected chi connectivity index (χ4v) is 2.43. The van der Waals surface area contributed by atoms with E-state index < -0.39 is 0 Å². The summed E-state index contributed by atoms with van der Waals surface area (Å²) in [7, 11) is 1.57. The maximum atomic E-state index is 12.5. The average Bonchev–Trinajstić information content (AvgIpc) is 2.87. The molecule has 0 radical (unpaired) electrons. The van der Waals surface area contributed by atoms with E-state index in [-0.39, 0.29) is 11.5 Å². The number of ether oxygens (including phenoxy) is 1. The van der Waals surface area contributed by atoms with Crippen LogP contribution in [-0.2, 0) is 13.0 Å². The van der Waals surface area contributed by atoms with Gasteiger partial charge in [0.2, 0.25) is 0 Å². The predicted octanol–water partition coefficient (Wildman–Crippen LogP) is 0.910. The Morgan fingerprint density at radius 1 is 1.35 bits per heavy atom. The zero-order valence-corrected chi connectivity index (χ0v) is 11.1. The average molecular weight is 273 g/mol. The summed E-state index contributed by atoms with van der Waals surface area (Å²) in [6.07, 6.45) is 0.657. The van der Waals surface area contributed by atoms with Gasteiger partial charge in [-0.1, -0.05) is 6.07 Å². The molecule has 6 nitrogen and oxygen atoms in total. The first-order valence-electron chi connectivity index (χ1n) is 6.41. The van der Waals surface area contributed by atoms with Gasteiger partial charge in [-0.2, -0.15) is 0 Å². The second-order valence-corrected chi connectivity index (χ2v) is 4.74. The van der Waals surface area contributed by atoms with Crippen molar-refractivity contribution in [3.05, 3.63) is 51.4 Å². The molecule has 0 unspecified atom stereocenters. The molecule has 20 heavy (non-hydrogen) atoms. The van der Waals surface area contributed by atoms with E-state index in [4.69, 9.17) is 4.74 Å². The van der Waals surface area contributed by atoms with Crippen LogP contribution in [0.15, 0.2) is 29.1 Å². The number of methoxy groups -OCH3 is 1. The Morgan fingerprint density at radius 2 is 2.20 bits per heavy atom. The highest BCUT2D eigenvalue weighted by Crippen LogP contribution is 2.18. The number of fused-ring (bicyclic) bond motifs is 1. The van der Waals surface area contributed by atoms with E-state index in [1.165, 1.54) is 0 Å². The quantitative estimate of drug-likeness (QED) is 0.853. The molecule has 3 rings (SSSR count). The lowest BCUT2D eigenvalue weighted by molar-refractivity contribution is 0.0733. The van der Waals surface area contributed by atoms with Gasteiger partial charge in [-0.3, -0.25) is 14.7 Å². The second-order valence-electron chi connectivity index (χ2n) is 4.74. The summed E-state index contributed by atoms with van der Waals surface area (Å²) >= 11 is 0. The van der Waals surface area contributed by atoms with Crippen molar-refractivity contribution in [1.82, 2.24) is 15.1 Å². The molecule has 0 saturated carbocycles. The van der Waals surface area contributed by atoms with Crippen molar-refractivity contribution in [3.63, 3.8) is 0 Å². The van der Waals surface area contributed by atoms with E-state index in [1.807, 2.05) is 0 Å². The number of nitrogens with zero attached hydrogens (tertiary/aromatic N) is 1. The molecule has 104 valence electrons. The van der Waals surface area contributed by atoms with Gasteiger partial charge in [-0.05, 0) is 18.2 Å². The Hall–Kier alpha value is -2.50. The summed E-state index contributed by atoms with van der Waals surface area (Å²) in [6, 6.07) is 7.04. The molecule has 2 aromatic rings. The molecule has 0 bridgehead atoms. The van der Waals surface area contributed by atoms with Gasteiger partial charge < -0.3 is 14.7 Å².